The van der Waals surface area contributed by atoms with Crippen LogP contribution in [0.4, 0.5) is 17.6 Å². The van der Waals surface area contributed by atoms with Crippen LogP contribution in [0.25, 0.3) is 11.3 Å². The highest BCUT2D eigenvalue weighted by Gasteiger charge is 2.56. The van der Waals surface area contributed by atoms with Crippen LogP contribution in [-0.2, 0) is 15.9 Å². The normalized spacial score (nSPS) is 13.3. The predicted molar refractivity (Wildman–Crippen MR) is 147 cm³/mol. The molecule has 9 nitrogen and oxygen atoms in total. The van der Waals surface area contributed by atoms with E-state index in [2.05, 4.69) is 15.1 Å². The van der Waals surface area contributed by atoms with E-state index in [0.29, 0.717) is 0 Å². The number of amides is 2. The third-order valence-electron chi connectivity index (χ3n) is 6.19. The fourth-order valence-corrected chi connectivity index (χ4v) is 3.97. The third-order valence-corrected chi connectivity index (χ3v) is 6.95. The summed E-state index contributed by atoms with van der Waals surface area (Å²) in [5, 5.41) is 12.9. The summed E-state index contributed by atoms with van der Waals surface area (Å²) < 4.78 is 67.6. The van der Waals surface area contributed by atoms with E-state index in [1.807, 2.05) is 0 Å². The molecule has 0 fully saturated rings. The lowest BCUT2D eigenvalue weighted by atomic mass is 9.89. The van der Waals surface area contributed by atoms with Gasteiger partial charge in [0.15, 0.2) is 18.1 Å². The van der Waals surface area contributed by atoms with Crippen LogP contribution < -0.4 is 25.4 Å². The number of methoxy groups -OCH3 is 1. The number of rotatable bonds is 11. The molecular weight excluding hydrogens is 607 g/mol. The Kier molecular flexibility index (Phi) is 9.93. The fourth-order valence-electron chi connectivity index (χ4n) is 3.68. The quantitative estimate of drug-likeness (QED) is 0.180. The van der Waals surface area contributed by atoms with Gasteiger partial charge in [-0.05, 0) is 79.7 Å². The summed E-state index contributed by atoms with van der Waals surface area (Å²) in [6.07, 6.45) is -5.33. The van der Waals surface area contributed by atoms with Crippen molar-refractivity contribution in [3.63, 3.8) is 0 Å². The van der Waals surface area contributed by atoms with Gasteiger partial charge in [0.25, 0.3) is 11.8 Å². The number of hydrogen-bond acceptors (Lipinski definition) is 7. The van der Waals surface area contributed by atoms with Gasteiger partial charge in [0.05, 0.1) is 35.6 Å². The second kappa shape index (κ2) is 12.7. The van der Waals surface area contributed by atoms with Crippen LogP contribution in [0, 0.1) is 5.82 Å². The van der Waals surface area contributed by atoms with Gasteiger partial charge >= 0.3 is 6.18 Å². The molecule has 1 aromatic heterocycles. The minimum atomic E-state index is -5.33. The molecule has 0 saturated carbocycles. The molecule has 1 heterocycles. The van der Waals surface area contributed by atoms with Gasteiger partial charge in [0.2, 0.25) is 5.60 Å². The molecule has 0 aliphatic heterocycles. The van der Waals surface area contributed by atoms with E-state index < -0.39 is 53.8 Å². The summed E-state index contributed by atoms with van der Waals surface area (Å²) in [5.74, 6) is -2.45. The summed E-state index contributed by atoms with van der Waals surface area (Å²) in [6.45, 7) is 1.32. The number of benzene rings is 2. The van der Waals surface area contributed by atoms with Gasteiger partial charge in [-0.2, -0.15) is 13.2 Å². The number of aromatic nitrogens is 1. The number of nitrogens with one attached hydrogen (secondary N) is 2. The smallest absolute Gasteiger partial charge is 0.424 e. The van der Waals surface area contributed by atoms with Crippen LogP contribution in [-0.4, -0.2) is 48.3 Å². The highest BCUT2D eigenvalue weighted by molar-refractivity contribution is 6.31. The van der Waals surface area contributed by atoms with Crippen molar-refractivity contribution in [2.24, 2.45) is 5.73 Å². The third kappa shape index (κ3) is 7.21. The van der Waals surface area contributed by atoms with Gasteiger partial charge in [-0.25, -0.2) is 14.2 Å². The Labute approximate surface area is 248 Å². The molecule has 0 unspecified atom stereocenters. The van der Waals surface area contributed by atoms with Crippen molar-refractivity contribution in [3.8, 4) is 22.8 Å². The lowest BCUT2D eigenvalue weighted by molar-refractivity contribution is -0.265. The number of pyridine rings is 1. The Morgan fingerprint density at radius 3 is 2.33 bits per heavy atom. The summed E-state index contributed by atoms with van der Waals surface area (Å²) in [5.41, 5.74) is -0.495. The first-order valence-electron chi connectivity index (χ1n) is 12.0. The van der Waals surface area contributed by atoms with Crippen LogP contribution in [0.2, 0.25) is 5.02 Å². The zero-order valence-corrected chi connectivity index (χ0v) is 23.9. The summed E-state index contributed by atoms with van der Waals surface area (Å²) in [4.78, 5) is 30.3. The number of halogens is 6. The molecule has 0 aliphatic rings. The molecule has 42 heavy (non-hydrogen) atoms. The fraction of sp³-hybridized carbons (Fsp3) is 0.296. The average molecular weight is 633 g/mol. The van der Waals surface area contributed by atoms with E-state index in [9.17, 15) is 32.3 Å². The first kappa shape index (κ1) is 32.9. The Morgan fingerprint density at radius 1 is 1.07 bits per heavy atom. The minimum Gasteiger partial charge on any atom is -0.493 e. The predicted octanol–water partition coefficient (Wildman–Crippen LogP) is 4.57. The molecule has 0 radical (unpaired) electrons. The first-order chi connectivity index (χ1) is 19.5. The SMILES string of the molecule is COc1cc(C(=O)NC[C@](O)(c2cc(C(C)(C)NCl)cc(-c3ccc(F)c(Cl)c3)n2)C(F)(F)F)ccc1OCC(N)=O. The van der Waals surface area contributed by atoms with Gasteiger partial charge in [-0.15, -0.1) is 0 Å². The highest BCUT2D eigenvalue weighted by atomic mass is 35.5. The Hall–Kier alpha value is -3.65. The van der Waals surface area contributed by atoms with Crippen molar-refractivity contribution in [3.05, 3.63) is 76.2 Å². The molecule has 2 aromatic carbocycles. The molecule has 3 aromatic rings. The number of nitrogens with zero attached hydrogens (tertiary/aromatic N) is 1. The number of carbonyl (C=O) groups is 2. The summed E-state index contributed by atoms with van der Waals surface area (Å²) >= 11 is 11.7. The number of nitrogens with two attached hydrogens (primary N) is 1. The van der Waals surface area contributed by atoms with Gasteiger partial charge in [-0.1, -0.05) is 11.6 Å². The van der Waals surface area contributed by atoms with Crippen LogP contribution >= 0.6 is 23.4 Å². The molecule has 2 amide bonds. The van der Waals surface area contributed by atoms with E-state index in [1.165, 1.54) is 43.5 Å². The van der Waals surface area contributed by atoms with Crippen molar-refractivity contribution in [2.45, 2.75) is 31.2 Å². The monoisotopic (exact) mass is 632 g/mol. The van der Waals surface area contributed by atoms with E-state index in [1.54, 1.807) is 13.8 Å². The van der Waals surface area contributed by atoms with Crippen LogP contribution in [0.3, 0.4) is 0 Å². The number of aliphatic hydroxyl groups is 1. The topological polar surface area (TPSA) is 136 Å². The van der Waals surface area contributed by atoms with Gasteiger partial charge < -0.3 is 25.6 Å². The largest absolute Gasteiger partial charge is 0.493 e. The number of hydrogen-bond donors (Lipinski definition) is 4. The van der Waals surface area contributed by atoms with Crippen molar-refractivity contribution < 1.29 is 41.7 Å². The van der Waals surface area contributed by atoms with E-state index in [0.717, 1.165) is 12.1 Å². The van der Waals surface area contributed by atoms with Crippen molar-refractivity contribution >= 4 is 35.2 Å². The lowest BCUT2D eigenvalue weighted by Gasteiger charge is -2.32. The second-order valence-electron chi connectivity index (χ2n) is 9.64. The molecule has 0 bridgehead atoms. The maximum Gasteiger partial charge on any atom is 0.424 e. The summed E-state index contributed by atoms with van der Waals surface area (Å²) in [6, 6.07) is 9.50. The number of carbonyl (C=O) groups excluding carboxylic acids is 2. The van der Waals surface area contributed by atoms with Gasteiger partial charge in [0, 0.05) is 11.1 Å². The molecule has 15 heteroatoms. The number of primary amides is 1. The van der Waals surface area contributed by atoms with Gasteiger partial charge in [0.1, 0.15) is 5.82 Å². The molecule has 5 N–H and O–H groups in total. The Balaban J connectivity index is 2.03. The molecule has 3 rings (SSSR count). The van der Waals surface area contributed by atoms with Crippen molar-refractivity contribution in [2.75, 3.05) is 20.3 Å². The molecule has 0 spiro atoms. The maximum absolute atomic E-state index is 14.5. The molecule has 226 valence electrons. The molecular formula is C27H26Cl2F4N4O5. The lowest BCUT2D eigenvalue weighted by Crippen LogP contribution is -2.51. The maximum atomic E-state index is 14.5. The average Bonchev–Trinajstić information content (AvgIpc) is 2.94. The second-order valence-corrected chi connectivity index (χ2v) is 10.2. The van der Waals surface area contributed by atoms with Crippen LogP contribution in [0.1, 0.15) is 35.5 Å². The Morgan fingerprint density at radius 2 is 1.76 bits per heavy atom. The molecule has 0 aliphatic carbocycles. The molecule has 1 atom stereocenters. The van der Waals surface area contributed by atoms with Gasteiger partial charge in [-0.3, -0.25) is 9.59 Å². The zero-order valence-electron chi connectivity index (χ0n) is 22.4. The number of alkyl halides is 3. The summed E-state index contributed by atoms with van der Waals surface area (Å²) in [7, 11) is 1.25. The van der Waals surface area contributed by atoms with E-state index >= 15 is 0 Å². The van der Waals surface area contributed by atoms with Crippen LogP contribution in [0.15, 0.2) is 48.5 Å². The Bertz CT molecular complexity index is 1490. The number of ether oxygens (including phenoxy) is 2. The standard InChI is InChI=1S/C27H26Cl2F4N4O5/c1-25(2,37-29)16-10-19(14-4-6-18(30)17(28)8-14)36-22(11-16)26(40,27(31,32)33)13-35-24(39)15-5-7-20(21(9-15)41-3)42-12-23(34)38/h4-11,37,40H,12-13H2,1-3H3,(H2,34,38)(H,35,39)/t26-/m0/s1. The molecule has 0 saturated heterocycles. The highest BCUT2D eigenvalue weighted by Crippen LogP contribution is 2.40. The van der Waals surface area contributed by atoms with Crippen molar-refractivity contribution in [1.82, 2.24) is 15.1 Å². The minimum absolute atomic E-state index is 0.00255. The van der Waals surface area contributed by atoms with E-state index in [-0.39, 0.29) is 38.9 Å². The van der Waals surface area contributed by atoms with Crippen molar-refractivity contribution in [1.29, 1.82) is 0 Å². The zero-order chi connectivity index (χ0) is 31.5. The van der Waals surface area contributed by atoms with E-state index in [4.69, 9.17) is 38.6 Å². The first-order valence-corrected chi connectivity index (χ1v) is 12.8. The van der Waals surface area contributed by atoms with Crippen LogP contribution in [0.5, 0.6) is 11.5 Å².